The molecule has 0 fully saturated rings. The van der Waals surface area contributed by atoms with Crippen molar-refractivity contribution in [2.45, 2.75) is 20.4 Å². The zero-order valence-corrected chi connectivity index (χ0v) is 12.4. The third-order valence-electron chi connectivity index (χ3n) is 3.02. The van der Waals surface area contributed by atoms with Crippen LogP contribution in [0.3, 0.4) is 0 Å². The maximum absolute atomic E-state index is 9.67. The molecule has 4 heteroatoms. The standard InChI is InChI=1S/C16H18ClNO2/c1-3-20-15-9-12(7-8-14(15)19)10-18-16-11(2)5-4-6-13(16)17/h4-9,18-19H,3,10H2,1-2H3. The number of nitrogens with one attached hydrogen (secondary N) is 1. The van der Waals surface area contributed by atoms with Crippen LogP contribution in [0.25, 0.3) is 0 Å². The van der Waals surface area contributed by atoms with Crippen LogP contribution in [0.4, 0.5) is 5.69 Å². The van der Waals surface area contributed by atoms with E-state index in [4.69, 9.17) is 16.3 Å². The van der Waals surface area contributed by atoms with Gasteiger partial charge in [-0.1, -0.05) is 29.8 Å². The maximum Gasteiger partial charge on any atom is 0.161 e. The van der Waals surface area contributed by atoms with Crippen molar-refractivity contribution in [1.82, 2.24) is 0 Å². The Balaban J connectivity index is 2.13. The van der Waals surface area contributed by atoms with Gasteiger partial charge in [-0.15, -0.1) is 0 Å². The lowest BCUT2D eigenvalue weighted by Crippen LogP contribution is -2.02. The number of anilines is 1. The molecule has 0 aromatic heterocycles. The summed E-state index contributed by atoms with van der Waals surface area (Å²) in [5.41, 5.74) is 3.05. The van der Waals surface area contributed by atoms with E-state index in [2.05, 4.69) is 5.32 Å². The SMILES string of the molecule is CCOc1cc(CNc2c(C)cccc2Cl)ccc1O. The van der Waals surface area contributed by atoms with Crippen molar-refractivity contribution < 1.29 is 9.84 Å². The molecule has 20 heavy (non-hydrogen) atoms. The van der Waals surface area contributed by atoms with Gasteiger partial charge in [0.1, 0.15) is 0 Å². The fourth-order valence-electron chi connectivity index (χ4n) is 1.99. The number of hydrogen-bond acceptors (Lipinski definition) is 3. The van der Waals surface area contributed by atoms with Crippen molar-refractivity contribution in [2.24, 2.45) is 0 Å². The number of rotatable bonds is 5. The van der Waals surface area contributed by atoms with Crippen LogP contribution in [0, 0.1) is 6.92 Å². The maximum atomic E-state index is 9.67. The van der Waals surface area contributed by atoms with Gasteiger partial charge in [-0.2, -0.15) is 0 Å². The van der Waals surface area contributed by atoms with E-state index in [0.29, 0.717) is 23.9 Å². The molecule has 0 bridgehead atoms. The molecule has 0 spiro atoms. The normalized spacial score (nSPS) is 10.3. The molecule has 0 atom stereocenters. The third kappa shape index (κ3) is 3.36. The highest BCUT2D eigenvalue weighted by Crippen LogP contribution is 2.29. The second kappa shape index (κ2) is 6.53. The highest BCUT2D eigenvalue weighted by atomic mass is 35.5. The lowest BCUT2D eigenvalue weighted by molar-refractivity contribution is 0.318. The topological polar surface area (TPSA) is 41.5 Å². The minimum absolute atomic E-state index is 0.157. The van der Waals surface area contributed by atoms with E-state index >= 15 is 0 Å². The second-order valence-corrected chi connectivity index (χ2v) is 4.93. The van der Waals surface area contributed by atoms with E-state index in [1.807, 2.05) is 44.2 Å². The molecule has 2 aromatic rings. The first-order valence-electron chi connectivity index (χ1n) is 6.55. The first kappa shape index (κ1) is 14.5. The lowest BCUT2D eigenvalue weighted by Gasteiger charge is -2.13. The number of aryl methyl sites for hydroxylation is 1. The summed E-state index contributed by atoms with van der Waals surface area (Å²) < 4.78 is 5.37. The molecule has 0 aliphatic rings. The van der Waals surface area contributed by atoms with Gasteiger partial charge in [0.05, 0.1) is 17.3 Å². The summed E-state index contributed by atoms with van der Waals surface area (Å²) in [4.78, 5) is 0. The van der Waals surface area contributed by atoms with E-state index in [0.717, 1.165) is 16.8 Å². The predicted octanol–water partition coefficient (Wildman–Crippen LogP) is 4.36. The van der Waals surface area contributed by atoms with Crippen molar-refractivity contribution in [2.75, 3.05) is 11.9 Å². The Bertz CT molecular complexity index is 579. The molecule has 0 radical (unpaired) electrons. The molecule has 2 N–H and O–H groups in total. The molecule has 0 aliphatic carbocycles. The minimum Gasteiger partial charge on any atom is -0.504 e. The first-order chi connectivity index (χ1) is 9.61. The summed E-state index contributed by atoms with van der Waals surface area (Å²) in [6.07, 6.45) is 0. The van der Waals surface area contributed by atoms with E-state index in [1.54, 1.807) is 6.07 Å². The number of hydrogen-bond donors (Lipinski definition) is 2. The van der Waals surface area contributed by atoms with E-state index in [9.17, 15) is 5.11 Å². The Morgan fingerprint density at radius 3 is 2.75 bits per heavy atom. The number of ether oxygens (including phenoxy) is 1. The average molecular weight is 292 g/mol. The summed E-state index contributed by atoms with van der Waals surface area (Å²) in [5, 5.41) is 13.7. The Morgan fingerprint density at radius 2 is 2.05 bits per heavy atom. The number of aromatic hydroxyl groups is 1. The van der Waals surface area contributed by atoms with Gasteiger partial charge in [0.15, 0.2) is 11.5 Å². The van der Waals surface area contributed by atoms with Gasteiger partial charge in [-0.05, 0) is 43.2 Å². The summed E-state index contributed by atoms with van der Waals surface area (Å²) >= 11 is 6.17. The molecule has 0 saturated heterocycles. The van der Waals surface area contributed by atoms with E-state index in [-0.39, 0.29) is 5.75 Å². The molecule has 0 saturated carbocycles. The van der Waals surface area contributed by atoms with Crippen LogP contribution in [0.15, 0.2) is 36.4 Å². The number of halogens is 1. The molecule has 0 aliphatic heterocycles. The molecule has 0 heterocycles. The van der Waals surface area contributed by atoms with Gasteiger partial charge >= 0.3 is 0 Å². The van der Waals surface area contributed by atoms with Gasteiger partial charge in [0.25, 0.3) is 0 Å². The van der Waals surface area contributed by atoms with Crippen LogP contribution >= 0.6 is 11.6 Å². The largest absolute Gasteiger partial charge is 0.504 e. The van der Waals surface area contributed by atoms with Gasteiger partial charge in [-0.3, -0.25) is 0 Å². The van der Waals surface area contributed by atoms with Crippen LogP contribution in [-0.2, 0) is 6.54 Å². The van der Waals surface area contributed by atoms with Crippen molar-refractivity contribution >= 4 is 17.3 Å². The van der Waals surface area contributed by atoms with E-state index < -0.39 is 0 Å². The summed E-state index contributed by atoms with van der Waals surface area (Å²) in [6, 6.07) is 11.1. The van der Waals surface area contributed by atoms with Gasteiger partial charge in [0.2, 0.25) is 0 Å². The van der Waals surface area contributed by atoms with Crippen LogP contribution in [0.1, 0.15) is 18.1 Å². The summed E-state index contributed by atoms with van der Waals surface area (Å²) in [5.74, 6) is 0.659. The second-order valence-electron chi connectivity index (χ2n) is 4.52. The van der Waals surface area contributed by atoms with Crippen molar-refractivity contribution in [1.29, 1.82) is 0 Å². The number of phenolic OH excluding ortho intramolecular Hbond substituents is 1. The fraction of sp³-hybridized carbons (Fsp3) is 0.250. The number of phenols is 1. The molecule has 106 valence electrons. The van der Waals surface area contributed by atoms with Gasteiger partial charge < -0.3 is 15.2 Å². The number of para-hydroxylation sites is 1. The zero-order chi connectivity index (χ0) is 14.5. The molecular formula is C16H18ClNO2. The van der Waals surface area contributed by atoms with Crippen molar-refractivity contribution in [3.05, 3.63) is 52.5 Å². The first-order valence-corrected chi connectivity index (χ1v) is 6.93. The van der Waals surface area contributed by atoms with E-state index in [1.165, 1.54) is 0 Å². The molecule has 2 aromatic carbocycles. The highest BCUT2D eigenvalue weighted by Gasteiger charge is 2.06. The fourth-order valence-corrected chi connectivity index (χ4v) is 2.27. The number of benzene rings is 2. The monoisotopic (exact) mass is 291 g/mol. The van der Waals surface area contributed by atoms with Crippen LogP contribution in [0.2, 0.25) is 5.02 Å². The Morgan fingerprint density at radius 1 is 1.25 bits per heavy atom. The van der Waals surface area contributed by atoms with Crippen molar-refractivity contribution in [3.63, 3.8) is 0 Å². The quantitative estimate of drug-likeness (QED) is 0.860. The highest BCUT2D eigenvalue weighted by molar-refractivity contribution is 6.33. The third-order valence-corrected chi connectivity index (χ3v) is 3.33. The predicted molar refractivity (Wildman–Crippen MR) is 82.8 cm³/mol. The Hall–Kier alpha value is -1.87. The van der Waals surface area contributed by atoms with Gasteiger partial charge in [0, 0.05) is 6.54 Å². The zero-order valence-electron chi connectivity index (χ0n) is 11.6. The summed E-state index contributed by atoms with van der Waals surface area (Å²) in [7, 11) is 0. The molecule has 2 rings (SSSR count). The summed E-state index contributed by atoms with van der Waals surface area (Å²) in [6.45, 7) is 5.03. The van der Waals surface area contributed by atoms with Crippen LogP contribution in [-0.4, -0.2) is 11.7 Å². The smallest absolute Gasteiger partial charge is 0.161 e. The van der Waals surface area contributed by atoms with Crippen LogP contribution in [0.5, 0.6) is 11.5 Å². The Kier molecular flexibility index (Phi) is 4.74. The average Bonchev–Trinajstić information content (AvgIpc) is 2.42. The molecule has 0 amide bonds. The molecule has 3 nitrogen and oxygen atoms in total. The van der Waals surface area contributed by atoms with Gasteiger partial charge in [-0.25, -0.2) is 0 Å². The minimum atomic E-state index is 0.157. The molecular weight excluding hydrogens is 274 g/mol. The van der Waals surface area contributed by atoms with Crippen molar-refractivity contribution in [3.8, 4) is 11.5 Å². The molecule has 0 unspecified atom stereocenters. The lowest BCUT2D eigenvalue weighted by atomic mass is 10.1. The van der Waals surface area contributed by atoms with Crippen LogP contribution < -0.4 is 10.1 Å². The Labute approximate surface area is 124 Å².